The Kier molecular flexibility index (Phi) is 3.69. The Morgan fingerprint density at radius 1 is 1.16 bits per heavy atom. The highest BCUT2D eigenvalue weighted by molar-refractivity contribution is 5.85. The minimum atomic E-state index is -0.0203. The van der Waals surface area contributed by atoms with E-state index in [0.29, 0.717) is 24.5 Å². The molecule has 0 bridgehead atoms. The SMILES string of the molecule is COc1ccc(N2CC(=O)CCC2(C)C)cc1OC. The number of ether oxygens (including phenoxy) is 2. The molecule has 1 saturated heterocycles. The van der Waals surface area contributed by atoms with E-state index in [4.69, 9.17) is 9.47 Å². The van der Waals surface area contributed by atoms with Gasteiger partial charge in [-0.3, -0.25) is 4.79 Å². The molecule has 0 aromatic heterocycles. The molecule has 0 N–H and O–H groups in total. The molecule has 1 aliphatic rings. The van der Waals surface area contributed by atoms with Crippen LogP contribution in [0.2, 0.25) is 0 Å². The quantitative estimate of drug-likeness (QED) is 0.840. The maximum atomic E-state index is 11.7. The molecule has 2 rings (SSSR count). The number of methoxy groups -OCH3 is 2. The zero-order chi connectivity index (χ0) is 14.0. The van der Waals surface area contributed by atoms with Crippen molar-refractivity contribution in [1.29, 1.82) is 0 Å². The molecule has 0 amide bonds. The van der Waals surface area contributed by atoms with Crippen molar-refractivity contribution in [3.63, 3.8) is 0 Å². The smallest absolute Gasteiger partial charge is 0.162 e. The van der Waals surface area contributed by atoms with Crippen LogP contribution in [0.25, 0.3) is 0 Å². The molecule has 104 valence electrons. The fourth-order valence-corrected chi connectivity index (χ4v) is 2.48. The molecule has 0 spiro atoms. The number of carbonyl (C=O) groups excluding carboxylic acids is 1. The number of hydrogen-bond donors (Lipinski definition) is 0. The van der Waals surface area contributed by atoms with Gasteiger partial charge in [0.1, 0.15) is 0 Å². The summed E-state index contributed by atoms with van der Waals surface area (Å²) >= 11 is 0. The molecule has 4 heteroatoms. The molecule has 1 aliphatic heterocycles. The Morgan fingerprint density at radius 3 is 2.47 bits per heavy atom. The van der Waals surface area contributed by atoms with Crippen LogP contribution in [0.1, 0.15) is 26.7 Å². The lowest BCUT2D eigenvalue weighted by Crippen LogP contribution is -2.51. The van der Waals surface area contributed by atoms with Crippen LogP contribution in [0.5, 0.6) is 11.5 Å². The lowest BCUT2D eigenvalue weighted by atomic mass is 9.89. The number of benzene rings is 1. The molecule has 19 heavy (non-hydrogen) atoms. The number of anilines is 1. The van der Waals surface area contributed by atoms with Crippen molar-refractivity contribution in [2.45, 2.75) is 32.2 Å². The second-order valence-corrected chi connectivity index (χ2v) is 5.48. The average molecular weight is 263 g/mol. The summed E-state index contributed by atoms with van der Waals surface area (Å²) < 4.78 is 10.6. The second-order valence-electron chi connectivity index (χ2n) is 5.48. The highest BCUT2D eigenvalue weighted by atomic mass is 16.5. The van der Waals surface area contributed by atoms with E-state index in [1.54, 1.807) is 14.2 Å². The molecule has 0 radical (unpaired) electrons. The second kappa shape index (κ2) is 5.11. The molecule has 1 aromatic rings. The van der Waals surface area contributed by atoms with Crippen molar-refractivity contribution in [2.75, 3.05) is 25.7 Å². The van der Waals surface area contributed by atoms with Crippen molar-refractivity contribution < 1.29 is 14.3 Å². The van der Waals surface area contributed by atoms with Gasteiger partial charge in [0.25, 0.3) is 0 Å². The van der Waals surface area contributed by atoms with Crippen molar-refractivity contribution in [3.05, 3.63) is 18.2 Å². The Bertz CT molecular complexity index is 482. The first-order chi connectivity index (χ1) is 8.97. The third-order valence-electron chi connectivity index (χ3n) is 3.76. The number of ketones is 1. The topological polar surface area (TPSA) is 38.8 Å². The number of hydrogen-bond acceptors (Lipinski definition) is 4. The number of carbonyl (C=O) groups is 1. The standard InChI is InChI=1S/C15H21NO3/c1-15(2)8-7-12(17)10-16(15)11-5-6-13(18-3)14(9-11)19-4/h5-6,9H,7-8,10H2,1-4H3. The summed E-state index contributed by atoms with van der Waals surface area (Å²) in [6, 6.07) is 5.78. The maximum Gasteiger partial charge on any atom is 0.162 e. The van der Waals surface area contributed by atoms with Gasteiger partial charge in [0.2, 0.25) is 0 Å². The molecule has 0 aliphatic carbocycles. The molecule has 1 aromatic carbocycles. The minimum Gasteiger partial charge on any atom is -0.493 e. The number of Topliss-reactive ketones (excluding diaryl/α,β-unsaturated/α-hetero) is 1. The van der Waals surface area contributed by atoms with Crippen LogP contribution in [-0.2, 0) is 4.79 Å². The molecule has 0 saturated carbocycles. The van der Waals surface area contributed by atoms with E-state index >= 15 is 0 Å². The van der Waals surface area contributed by atoms with Crippen LogP contribution in [0, 0.1) is 0 Å². The van der Waals surface area contributed by atoms with Gasteiger partial charge in [-0.05, 0) is 32.4 Å². The normalized spacial score (nSPS) is 18.3. The Labute approximate surface area is 114 Å². The van der Waals surface area contributed by atoms with Crippen LogP contribution < -0.4 is 14.4 Å². The van der Waals surface area contributed by atoms with E-state index < -0.39 is 0 Å². The number of piperidine rings is 1. The maximum absolute atomic E-state index is 11.7. The highest BCUT2D eigenvalue weighted by Gasteiger charge is 2.33. The summed E-state index contributed by atoms with van der Waals surface area (Å²) in [5.74, 6) is 1.68. The van der Waals surface area contributed by atoms with Gasteiger partial charge in [0.05, 0.1) is 20.8 Å². The Morgan fingerprint density at radius 2 is 1.84 bits per heavy atom. The molecule has 0 unspecified atom stereocenters. The molecule has 4 nitrogen and oxygen atoms in total. The van der Waals surface area contributed by atoms with Crippen LogP contribution in [-0.4, -0.2) is 32.1 Å². The van der Waals surface area contributed by atoms with E-state index in [0.717, 1.165) is 12.1 Å². The molecule has 1 heterocycles. The van der Waals surface area contributed by atoms with E-state index in [1.165, 1.54) is 0 Å². The molecular weight excluding hydrogens is 242 g/mol. The highest BCUT2D eigenvalue weighted by Crippen LogP contribution is 2.36. The van der Waals surface area contributed by atoms with Crippen LogP contribution in [0.3, 0.4) is 0 Å². The van der Waals surface area contributed by atoms with Crippen LogP contribution in [0.4, 0.5) is 5.69 Å². The van der Waals surface area contributed by atoms with E-state index in [2.05, 4.69) is 18.7 Å². The van der Waals surface area contributed by atoms with Gasteiger partial charge in [-0.25, -0.2) is 0 Å². The zero-order valence-corrected chi connectivity index (χ0v) is 12.0. The fourth-order valence-electron chi connectivity index (χ4n) is 2.48. The monoisotopic (exact) mass is 263 g/mol. The van der Waals surface area contributed by atoms with Gasteiger partial charge in [-0.15, -0.1) is 0 Å². The third-order valence-corrected chi connectivity index (χ3v) is 3.76. The summed E-state index contributed by atoms with van der Waals surface area (Å²) in [6.45, 7) is 4.79. The minimum absolute atomic E-state index is 0.0203. The van der Waals surface area contributed by atoms with Gasteiger partial charge < -0.3 is 14.4 Å². The number of nitrogens with zero attached hydrogens (tertiary/aromatic N) is 1. The summed E-state index contributed by atoms with van der Waals surface area (Å²) in [6.07, 6.45) is 1.54. The zero-order valence-electron chi connectivity index (χ0n) is 12.0. The van der Waals surface area contributed by atoms with Gasteiger partial charge >= 0.3 is 0 Å². The van der Waals surface area contributed by atoms with Crippen LogP contribution >= 0.6 is 0 Å². The summed E-state index contributed by atoms with van der Waals surface area (Å²) in [4.78, 5) is 13.9. The predicted octanol–water partition coefficient (Wildman–Crippen LogP) is 2.65. The van der Waals surface area contributed by atoms with E-state index in [1.807, 2.05) is 18.2 Å². The van der Waals surface area contributed by atoms with Crippen molar-refractivity contribution >= 4 is 11.5 Å². The summed E-state index contributed by atoms with van der Waals surface area (Å²) in [5.41, 5.74) is 0.976. The first-order valence-electron chi connectivity index (χ1n) is 6.49. The Balaban J connectivity index is 2.37. The van der Waals surface area contributed by atoms with E-state index in [9.17, 15) is 4.79 Å². The summed E-state index contributed by atoms with van der Waals surface area (Å²) in [7, 11) is 3.24. The van der Waals surface area contributed by atoms with Crippen molar-refractivity contribution in [2.24, 2.45) is 0 Å². The van der Waals surface area contributed by atoms with Gasteiger partial charge in [0, 0.05) is 23.7 Å². The third kappa shape index (κ3) is 2.67. The van der Waals surface area contributed by atoms with Gasteiger partial charge in [-0.2, -0.15) is 0 Å². The average Bonchev–Trinajstić information content (AvgIpc) is 2.40. The van der Waals surface area contributed by atoms with Gasteiger partial charge in [0.15, 0.2) is 17.3 Å². The predicted molar refractivity (Wildman–Crippen MR) is 75.2 cm³/mol. The molecule has 1 fully saturated rings. The van der Waals surface area contributed by atoms with Crippen molar-refractivity contribution in [3.8, 4) is 11.5 Å². The lowest BCUT2D eigenvalue weighted by Gasteiger charge is -2.43. The first kappa shape index (κ1) is 13.7. The van der Waals surface area contributed by atoms with Crippen LogP contribution in [0.15, 0.2) is 18.2 Å². The lowest BCUT2D eigenvalue weighted by molar-refractivity contribution is -0.119. The molecule has 0 atom stereocenters. The van der Waals surface area contributed by atoms with Gasteiger partial charge in [-0.1, -0.05) is 0 Å². The summed E-state index contributed by atoms with van der Waals surface area (Å²) in [5, 5.41) is 0. The fraction of sp³-hybridized carbons (Fsp3) is 0.533. The van der Waals surface area contributed by atoms with E-state index in [-0.39, 0.29) is 11.3 Å². The number of rotatable bonds is 3. The first-order valence-corrected chi connectivity index (χ1v) is 6.49. The van der Waals surface area contributed by atoms with Crippen molar-refractivity contribution in [1.82, 2.24) is 0 Å². The Hall–Kier alpha value is -1.71. The molecular formula is C15H21NO3. The largest absolute Gasteiger partial charge is 0.493 e.